The Morgan fingerprint density at radius 2 is 2.15 bits per heavy atom. The first-order valence-corrected chi connectivity index (χ1v) is 9.96. The van der Waals surface area contributed by atoms with Gasteiger partial charge < -0.3 is 16.0 Å². The Labute approximate surface area is 158 Å². The highest BCUT2D eigenvalue weighted by atomic mass is 16.2. The van der Waals surface area contributed by atoms with E-state index in [1.54, 1.807) is 0 Å². The zero-order valence-corrected chi connectivity index (χ0v) is 15.7. The highest BCUT2D eigenvalue weighted by Crippen LogP contribution is 2.45. The fraction of sp³-hybridized carbons (Fsp3) is 0.550. The highest BCUT2D eigenvalue weighted by Gasteiger charge is 2.46. The van der Waals surface area contributed by atoms with Gasteiger partial charge in [-0.05, 0) is 56.2 Å². The van der Waals surface area contributed by atoms with Gasteiger partial charge in [-0.1, -0.05) is 0 Å². The smallest absolute Gasteiger partial charge is 0.317 e. The number of nitrogen functional groups attached to an aromatic ring is 1. The summed E-state index contributed by atoms with van der Waals surface area (Å²) < 4.78 is 2.13. The summed E-state index contributed by atoms with van der Waals surface area (Å²) in [5.41, 5.74) is 10.5. The fourth-order valence-electron chi connectivity index (χ4n) is 4.68. The predicted octanol–water partition coefficient (Wildman–Crippen LogP) is 2.48. The van der Waals surface area contributed by atoms with E-state index in [2.05, 4.69) is 27.1 Å². The van der Waals surface area contributed by atoms with Crippen LogP contribution in [0, 0.1) is 0 Å². The molecule has 3 N–H and O–H groups in total. The Hall–Kier alpha value is -2.57. The van der Waals surface area contributed by atoms with E-state index in [1.165, 1.54) is 24.1 Å². The first-order valence-electron chi connectivity index (χ1n) is 9.96. The largest absolute Gasteiger partial charge is 0.383 e. The van der Waals surface area contributed by atoms with Crippen molar-refractivity contribution in [2.45, 2.75) is 50.5 Å². The van der Waals surface area contributed by atoms with Crippen molar-refractivity contribution in [2.24, 2.45) is 0 Å². The number of anilines is 1. The quantitative estimate of drug-likeness (QED) is 0.873. The molecule has 0 radical (unpaired) electrons. The molecule has 4 heterocycles. The standard InChI is InChI=1S/C20H26N6O/c1-2-22-19(27)25-7-5-20(12-25)6-8-26-17(20)10-16(24-26)14-9-15(13-3-4-13)18(21)23-11-14/h9-11,13H,2-8,12H2,1H3,(H2,21,23)(H,22,27)/t20-/m1/s1. The molecule has 7 heteroatoms. The number of hydrogen-bond acceptors (Lipinski definition) is 4. The molecular weight excluding hydrogens is 340 g/mol. The maximum Gasteiger partial charge on any atom is 0.317 e. The molecule has 27 heavy (non-hydrogen) atoms. The van der Waals surface area contributed by atoms with Gasteiger partial charge in [-0.2, -0.15) is 5.10 Å². The van der Waals surface area contributed by atoms with Crippen molar-refractivity contribution in [3.63, 3.8) is 0 Å². The van der Waals surface area contributed by atoms with Crippen LogP contribution in [0.3, 0.4) is 0 Å². The molecule has 0 bridgehead atoms. The van der Waals surface area contributed by atoms with Gasteiger partial charge in [0.2, 0.25) is 0 Å². The molecule has 5 rings (SSSR count). The van der Waals surface area contributed by atoms with Gasteiger partial charge in [-0.3, -0.25) is 4.68 Å². The minimum Gasteiger partial charge on any atom is -0.383 e. The van der Waals surface area contributed by atoms with Crippen molar-refractivity contribution in [1.82, 2.24) is 25.0 Å². The Bertz CT molecular complexity index is 902. The van der Waals surface area contributed by atoms with E-state index in [-0.39, 0.29) is 11.4 Å². The summed E-state index contributed by atoms with van der Waals surface area (Å²) >= 11 is 0. The zero-order chi connectivity index (χ0) is 18.6. The number of carbonyl (C=O) groups excluding carboxylic acids is 1. The lowest BCUT2D eigenvalue weighted by Crippen LogP contribution is -2.40. The summed E-state index contributed by atoms with van der Waals surface area (Å²) in [5, 5.41) is 7.77. The minimum absolute atomic E-state index is 0.0386. The van der Waals surface area contributed by atoms with Crippen LogP contribution < -0.4 is 11.1 Å². The number of nitrogens with one attached hydrogen (secondary N) is 1. The lowest BCUT2D eigenvalue weighted by molar-refractivity contribution is 0.206. The molecule has 1 saturated carbocycles. The lowest BCUT2D eigenvalue weighted by Gasteiger charge is -2.23. The second kappa shape index (κ2) is 5.97. The van der Waals surface area contributed by atoms with Gasteiger partial charge in [-0.15, -0.1) is 0 Å². The molecule has 7 nitrogen and oxygen atoms in total. The van der Waals surface area contributed by atoms with Crippen LogP contribution in [0.15, 0.2) is 18.3 Å². The average Bonchev–Trinajstić information content (AvgIpc) is 3.13. The molecule has 2 fully saturated rings. The van der Waals surface area contributed by atoms with Gasteiger partial charge in [-0.25, -0.2) is 9.78 Å². The van der Waals surface area contributed by atoms with Crippen molar-refractivity contribution in [3.8, 4) is 11.3 Å². The van der Waals surface area contributed by atoms with Crippen LogP contribution in [-0.4, -0.2) is 45.3 Å². The lowest BCUT2D eigenvalue weighted by atomic mass is 9.82. The highest BCUT2D eigenvalue weighted by molar-refractivity contribution is 5.75. The Balaban J connectivity index is 1.43. The summed E-state index contributed by atoms with van der Waals surface area (Å²) in [6.45, 7) is 5.12. The molecule has 3 aliphatic rings. The van der Waals surface area contributed by atoms with Crippen LogP contribution in [0.2, 0.25) is 0 Å². The van der Waals surface area contributed by atoms with E-state index < -0.39 is 0 Å². The average molecular weight is 366 g/mol. The zero-order valence-electron chi connectivity index (χ0n) is 15.7. The molecule has 0 unspecified atom stereocenters. The number of hydrogen-bond donors (Lipinski definition) is 2. The van der Waals surface area contributed by atoms with Crippen LogP contribution in [0.25, 0.3) is 11.3 Å². The molecule has 1 spiro atoms. The van der Waals surface area contributed by atoms with Crippen LogP contribution in [-0.2, 0) is 12.0 Å². The van der Waals surface area contributed by atoms with Crippen LogP contribution in [0.1, 0.15) is 49.8 Å². The number of aromatic nitrogens is 3. The van der Waals surface area contributed by atoms with Crippen LogP contribution in [0.5, 0.6) is 0 Å². The molecule has 2 aromatic heterocycles. The summed E-state index contributed by atoms with van der Waals surface area (Å²) in [6, 6.07) is 4.42. The number of likely N-dealkylation sites (tertiary alicyclic amines) is 1. The van der Waals surface area contributed by atoms with E-state index in [0.29, 0.717) is 18.3 Å². The third-order valence-corrected chi connectivity index (χ3v) is 6.36. The van der Waals surface area contributed by atoms with Crippen LogP contribution >= 0.6 is 0 Å². The third kappa shape index (κ3) is 2.67. The van der Waals surface area contributed by atoms with E-state index in [0.717, 1.165) is 43.7 Å². The summed E-state index contributed by atoms with van der Waals surface area (Å²) in [7, 11) is 0. The van der Waals surface area contributed by atoms with Crippen molar-refractivity contribution >= 4 is 11.8 Å². The van der Waals surface area contributed by atoms with Gasteiger partial charge >= 0.3 is 6.03 Å². The van der Waals surface area contributed by atoms with E-state index in [4.69, 9.17) is 10.8 Å². The normalized spacial score (nSPS) is 23.8. The maximum absolute atomic E-state index is 12.2. The molecule has 2 amide bonds. The number of amides is 2. The number of urea groups is 1. The molecule has 1 aliphatic carbocycles. The van der Waals surface area contributed by atoms with Gasteiger partial charge in [0.25, 0.3) is 0 Å². The third-order valence-electron chi connectivity index (χ3n) is 6.36. The molecule has 1 atom stereocenters. The van der Waals surface area contributed by atoms with Crippen molar-refractivity contribution in [2.75, 3.05) is 25.4 Å². The molecule has 2 aliphatic heterocycles. The SMILES string of the molecule is CCNC(=O)N1CC[C@@]2(CCn3nc(-c4cnc(N)c(C5CC5)c4)cc32)C1. The second-order valence-corrected chi connectivity index (χ2v) is 8.15. The first-order chi connectivity index (χ1) is 13.1. The summed E-state index contributed by atoms with van der Waals surface area (Å²) in [4.78, 5) is 18.6. The molecule has 2 aromatic rings. The number of aryl methyl sites for hydroxylation is 1. The second-order valence-electron chi connectivity index (χ2n) is 8.15. The van der Waals surface area contributed by atoms with Crippen LogP contribution in [0.4, 0.5) is 10.6 Å². The van der Waals surface area contributed by atoms with E-state index in [9.17, 15) is 4.79 Å². The van der Waals surface area contributed by atoms with Gasteiger partial charge in [0.15, 0.2) is 0 Å². The fourth-order valence-corrected chi connectivity index (χ4v) is 4.68. The van der Waals surface area contributed by atoms with E-state index in [1.807, 2.05) is 18.0 Å². The molecule has 0 aromatic carbocycles. The topological polar surface area (TPSA) is 89.1 Å². The number of rotatable bonds is 3. The monoisotopic (exact) mass is 366 g/mol. The number of nitrogens with two attached hydrogens (primary N) is 1. The van der Waals surface area contributed by atoms with Gasteiger partial charge in [0.05, 0.1) is 5.69 Å². The number of carbonyl (C=O) groups is 1. The molecule has 142 valence electrons. The molecule has 1 saturated heterocycles. The van der Waals surface area contributed by atoms with Gasteiger partial charge in [0, 0.05) is 49.0 Å². The first kappa shape index (κ1) is 16.6. The Morgan fingerprint density at radius 3 is 2.93 bits per heavy atom. The number of fused-ring (bicyclic) bond motifs is 2. The molecular formula is C20H26N6O. The number of nitrogens with zero attached hydrogens (tertiary/aromatic N) is 4. The van der Waals surface area contributed by atoms with Crippen molar-refractivity contribution < 1.29 is 4.79 Å². The maximum atomic E-state index is 12.2. The number of pyridine rings is 1. The Morgan fingerprint density at radius 1 is 1.33 bits per heavy atom. The summed E-state index contributed by atoms with van der Waals surface area (Å²) in [5.74, 6) is 1.22. The minimum atomic E-state index is 0.0386. The Kier molecular flexibility index (Phi) is 3.67. The van der Waals surface area contributed by atoms with Crippen molar-refractivity contribution in [1.29, 1.82) is 0 Å². The summed E-state index contributed by atoms with van der Waals surface area (Å²) in [6.07, 6.45) is 6.30. The predicted molar refractivity (Wildman–Crippen MR) is 103 cm³/mol. The van der Waals surface area contributed by atoms with Crippen molar-refractivity contribution in [3.05, 3.63) is 29.6 Å². The van der Waals surface area contributed by atoms with Gasteiger partial charge in [0.1, 0.15) is 5.82 Å². The van der Waals surface area contributed by atoms with E-state index >= 15 is 0 Å².